The second kappa shape index (κ2) is 11.9. The molecule has 4 aliphatic rings. The van der Waals surface area contributed by atoms with Gasteiger partial charge in [-0.3, -0.25) is 15.0 Å². The minimum absolute atomic E-state index is 0.232. The highest BCUT2D eigenvalue weighted by Gasteiger charge is 2.50. The van der Waals surface area contributed by atoms with Crippen molar-refractivity contribution in [3.05, 3.63) is 55.3 Å². The molecule has 2 bridgehead atoms. The molecule has 12 heteroatoms. The van der Waals surface area contributed by atoms with Gasteiger partial charge in [0.15, 0.2) is 11.4 Å². The van der Waals surface area contributed by atoms with E-state index in [4.69, 9.17) is 39.8 Å². The SMILES string of the molecule is C/C(=C\c1c(Cl)cc(C(=O)Nc2nc(-c3cc(Cl)cs3)c(N3CC4CCN(C5C[C@H]6CC[C@@H]5C6)C4C3)s2)cc1Cl)C(O)O. The molecule has 2 saturated heterocycles. The van der Waals surface area contributed by atoms with Crippen LogP contribution >= 0.6 is 57.5 Å². The normalized spacial score (nSPS) is 27.1. The predicted octanol–water partition coefficient (Wildman–Crippen LogP) is 7.50. The summed E-state index contributed by atoms with van der Waals surface area (Å²) in [4.78, 5) is 24.5. The van der Waals surface area contributed by atoms with Gasteiger partial charge in [0.1, 0.15) is 10.7 Å². The maximum atomic E-state index is 13.4. The van der Waals surface area contributed by atoms with Gasteiger partial charge in [0.25, 0.3) is 5.91 Å². The smallest absolute Gasteiger partial charge is 0.257 e. The fourth-order valence-corrected chi connectivity index (χ4v) is 10.4. The molecule has 2 aliphatic heterocycles. The van der Waals surface area contributed by atoms with Crippen molar-refractivity contribution in [2.75, 3.05) is 29.9 Å². The van der Waals surface area contributed by atoms with Crippen LogP contribution in [-0.2, 0) is 0 Å². The highest BCUT2D eigenvalue weighted by molar-refractivity contribution is 7.21. The molecule has 43 heavy (non-hydrogen) atoms. The first-order chi connectivity index (χ1) is 20.6. The minimum atomic E-state index is -1.63. The second-order valence-corrected chi connectivity index (χ2v) is 15.5. The number of aromatic nitrogens is 1. The van der Waals surface area contributed by atoms with Crippen LogP contribution in [-0.4, -0.2) is 64.0 Å². The molecular formula is C31H33Cl3N4O3S2. The number of amides is 1. The van der Waals surface area contributed by atoms with E-state index in [1.165, 1.54) is 68.2 Å². The second-order valence-electron chi connectivity index (χ2n) is 12.4. The number of anilines is 2. The average molecular weight is 680 g/mol. The summed E-state index contributed by atoms with van der Waals surface area (Å²) in [7, 11) is 0. The van der Waals surface area contributed by atoms with Crippen molar-refractivity contribution in [2.24, 2.45) is 17.8 Å². The molecular weight excluding hydrogens is 647 g/mol. The summed E-state index contributed by atoms with van der Waals surface area (Å²) >= 11 is 22.3. The van der Waals surface area contributed by atoms with Gasteiger partial charge in [0.2, 0.25) is 0 Å². The maximum Gasteiger partial charge on any atom is 0.257 e. The van der Waals surface area contributed by atoms with Gasteiger partial charge in [-0.15, -0.1) is 11.3 Å². The number of aliphatic hydroxyl groups is 2. The van der Waals surface area contributed by atoms with Gasteiger partial charge in [-0.1, -0.05) is 52.6 Å². The Morgan fingerprint density at radius 3 is 2.51 bits per heavy atom. The van der Waals surface area contributed by atoms with Gasteiger partial charge in [0, 0.05) is 41.7 Å². The third kappa shape index (κ3) is 5.76. The van der Waals surface area contributed by atoms with Gasteiger partial charge in [-0.2, -0.15) is 0 Å². The first kappa shape index (κ1) is 30.0. The molecule has 5 atom stereocenters. The van der Waals surface area contributed by atoms with E-state index in [0.29, 0.717) is 27.7 Å². The van der Waals surface area contributed by atoms with Crippen LogP contribution in [0.1, 0.15) is 54.9 Å². The van der Waals surface area contributed by atoms with E-state index in [2.05, 4.69) is 15.1 Å². The first-order valence-corrected chi connectivity index (χ1v) is 17.6. The quantitative estimate of drug-likeness (QED) is 0.224. The molecule has 4 fully saturated rings. The third-order valence-corrected chi connectivity index (χ3v) is 12.7. The van der Waals surface area contributed by atoms with Crippen molar-refractivity contribution in [1.82, 2.24) is 9.88 Å². The van der Waals surface area contributed by atoms with Crippen molar-refractivity contribution in [1.29, 1.82) is 0 Å². The molecule has 2 aromatic heterocycles. The van der Waals surface area contributed by atoms with E-state index in [9.17, 15) is 15.0 Å². The number of nitrogens with zero attached hydrogens (tertiary/aromatic N) is 3. The number of nitrogens with one attached hydrogen (secondary N) is 1. The largest absolute Gasteiger partial charge is 0.365 e. The molecule has 7 nitrogen and oxygen atoms in total. The topological polar surface area (TPSA) is 88.9 Å². The van der Waals surface area contributed by atoms with Crippen LogP contribution in [0, 0.1) is 17.8 Å². The minimum Gasteiger partial charge on any atom is -0.365 e. The summed E-state index contributed by atoms with van der Waals surface area (Å²) in [5.41, 5.74) is 1.82. The van der Waals surface area contributed by atoms with Crippen LogP contribution in [0.2, 0.25) is 15.1 Å². The fourth-order valence-electron chi connectivity index (χ4n) is 7.69. The van der Waals surface area contributed by atoms with Crippen molar-refractivity contribution >= 4 is 79.6 Å². The number of fused-ring (bicyclic) bond motifs is 3. The van der Waals surface area contributed by atoms with Crippen LogP contribution < -0.4 is 10.2 Å². The lowest BCUT2D eigenvalue weighted by Crippen LogP contribution is -2.45. The predicted molar refractivity (Wildman–Crippen MR) is 177 cm³/mol. The van der Waals surface area contributed by atoms with E-state index in [0.717, 1.165) is 46.5 Å². The molecule has 7 rings (SSSR count). The number of halogens is 3. The summed E-state index contributed by atoms with van der Waals surface area (Å²) in [6, 6.07) is 6.29. The van der Waals surface area contributed by atoms with E-state index in [-0.39, 0.29) is 27.1 Å². The number of rotatable bonds is 7. The van der Waals surface area contributed by atoms with Crippen LogP contribution in [0.25, 0.3) is 16.6 Å². The Bertz CT molecular complexity index is 1570. The molecule has 228 valence electrons. The number of aliphatic hydroxyl groups excluding tert-OH is 1. The highest BCUT2D eigenvalue weighted by atomic mass is 35.5. The number of likely N-dealkylation sites (tertiary alicyclic amines) is 1. The monoisotopic (exact) mass is 678 g/mol. The van der Waals surface area contributed by atoms with Gasteiger partial charge >= 0.3 is 0 Å². The molecule has 2 saturated carbocycles. The summed E-state index contributed by atoms with van der Waals surface area (Å²) in [6.45, 7) is 4.74. The van der Waals surface area contributed by atoms with E-state index < -0.39 is 6.29 Å². The lowest BCUT2D eigenvalue weighted by molar-refractivity contribution is -0.00677. The van der Waals surface area contributed by atoms with Crippen molar-refractivity contribution in [3.63, 3.8) is 0 Å². The molecule has 0 spiro atoms. The van der Waals surface area contributed by atoms with E-state index in [1.54, 1.807) is 18.3 Å². The zero-order valence-corrected chi connectivity index (χ0v) is 27.5. The number of carbonyl (C=O) groups is 1. The maximum absolute atomic E-state index is 13.4. The standard InChI is InChI=1S/C31H33Cl3N4O3S2/c1-15(30(40)41)6-21-22(33)9-19(10-23(21)34)28(39)36-31-35-27(26-11-20(32)14-42-26)29(43-31)37-12-18-4-5-38(25(18)13-37)24-8-16-2-3-17(24)7-16/h6,9-11,14,16-18,24-25,30,40-41H,2-5,7-8,12-13H2,1H3,(H,35,36,39)/b15-6+/t16-,17+,18?,24?,25?/m0/s1. The zero-order chi connectivity index (χ0) is 30.0. The van der Waals surface area contributed by atoms with Gasteiger partial charge < -0.3 is 15.1 Å². The van der Waals surface area contributed by atoms with Gasteiger partial charge in [-0.25, -0.2) is 4.98 Å². The molecule has 3 unspecified atom stereocenters. The molecule has 3 aromatic rings. The summed E-state index contributed by atoms with van der Waals surface area (Å²) < 4.78 is 0. The van der Waals surface area contributed by atoms with Gasteiger partial charge in [-0.05, 0) is 86.8 Å². The zero-order valence-electron chi connectivity index (χ0n) is 23.6. The molecule has 1 aromatic carbocycles. The fraction of sp³-hybridized carbons (Fsp3) is 0.484. The number of benzene rings is 1. The molecule has 1 amide bonds. The number of thiophene rings is 1. The van der Waals surface area contributed by atoms with Gasteiger partial charge in [0.05, 0.1) is 19.9 Å². The van der Waals surface area contributed by atoms with Crippen molar-refractivity contribution in [2.45, 2.75) is 57.4 Å². The Labute approximate surface area is 274 Å². The number of hydrogen-bond acceptors (Lipinski definition) is 8. The van der Waals surface area contributed by atoms with Crippen LogP contribution in [0.4, 0.5) is 10.1 Å². The Kier molecular flexibility index (Phi) is 8.31. The molecule has 0 radical (unpaired) electrons. The van der Waals surface area contributed by atoms with E-state index >= 15 is 0 Å². The lowest BCUT2D eigenvalue weighted by atomic mass is 9.93. The lowest BCUT2D eigenvalue weighted by Gasteiger charge is -2.35. The summed E-state index contributed by atoms with van der Waals surface area (Å²) in [6.07, 6.45) is 6.72. The van der Waals surface area contributed by atoms with Crippen molar-refractivity contribution < 1.29 is 15.0 Å². The Morgan fingerprint density at radius 2 is 1.86 bits per heavy atom. The molecule has 4 heterocycles. The van der Waals surface area contributed by atoms with E-state index in [1.807, 2.05) is 11.4 Å². The number of carbonyl (C=O) groups excluding carboxylic acids is 1. The number of hydrogen-bond donors (Lipinski definition) is 3. The molecule has 3 N–H and O–H groups in total. The molecule has 2 aliphatic carbocycles. The third-order valence-electron chi connectivity index (χ3n) is 9.76. The Morgan fingerprint density at radius 1 is 1.07 bits per heavy atom. The van der Waals surface area contributed by atoms with Crippen LogP contribution in [0.3, 0.4) is 0 Å². The summed E-state index contributed by atoms with van der Waals surface area (Å²) in [5, 5.41) is 26.4. The Balaban J connectivity index is 1.13. The Hall–Kier alpha value is -1.69. The van der Waals surface area contributed by atoms with Crippen LogP contribution in [0.15, 0.2) is 29.2 Å². The summed E-state index contributed by atoms with van der Waals surface area (Å²) in [5.74, 6) is 2.08. The first-order valence-electron chi connectivity index (χ1n) is 14.7. The highest BCUT2D eigenvalue weighted by Crippen LogP contribution is 2.51. The van der Waals surface area contributed by atoms with Crippen LogP contribution in [0.5, 0.6) is 0 Å². The number of thiazole rings is 1. The average Bonchev–Trinajstić information content (AvgIpc) is 3.79. The van der Waals surface area contributed by atoms with Crippen molar-refractivity contribution in [3.8, 4) is 10.6 Å².